The van der Waals surface area contributed by atoms with Gasteiger partial charge in [0.25, 0.3) is 0 Å². The summed E-state index contributed by atoms with van der Waals surface area (Å²) in [7, 11) is -2.09. The average molecular weight is 488 g/mol. The first-order valence-corrected chi connectivity index (χ1v) is 13.3. The predicted octanol–water partition coefficient (Wildman–Crippen LogP) is 3.46. The van der Waals surface area contributed by atoms with E-state index in [0.717, 1.165) is 12.0 Å². The Morgan fingerprint density at radius 1 is 0.941 bits per heavy atom. The molecular formula is C26H37N3O4S. The van der Waals surface area contributed by atoms with E-state index in [4.69, 9.17) is 0 Å². The van der Waals surface area contributed by atoms with E-state index in [0.29, 0.717) is 19.4 Å². The van der Waals surface area contributed by atoms with Gasteiger partial charge in [0.05, 0.1) is 4.90 Å². The van der Waals surface area contributed by atoms with E-state index in [-0.39, 0.29) is 35.7 Å². The van der Waals surface area contributed by atoms with E-state index in [1.807, 2.05) is 44.2 Å². The SMILES string of the molecule is CCC(C)NC(=O)C(C)N(CCc1ccccc1)C(=O)CCCN(C)S(=O)(=O)c1ccccc1. The van der Waals surface area contributed by atoms with Crippen LogP contribution in [0.1, 0.15) is 45.6 Å². The van der Waals surface area contributed by atoms with Gasteiger partial charge in [-0.3, -0.25) is 9.59 Å². The van der Waals surface area contributed by atoms with Crippen LogP contribution in [-0.4, -0.2) is 61.7 Å². The zero-order valence-electron chi connectivity index (χ0n) is 20.6. The van der Waals surface area contributed by atoms with Crippen LogP contribution in [0.4, 0.5) is 0 Å². The second-order valence-electron chi connectivity index (χ2n) is 8.56. The van der Waals surface area contributed by atoms with Crippen LogP contribution in [-0.2, 0) is 26.0 Å². The minimum Gasteiger partial charge on any atom is -0.352 e. The zero-order valence-corrected chi connectivity index (χ0v) is 21.4. The van der Waals surface area contributed by atoms with Gasteiger partial charge in [-0.05, 0) is 50.8 Å². The third-order valence-corrected chi connectivity index (χ3v) is 7.84. The summed E-state index contributed by atoms with van der Waals surface area (Å²) in [6.45, 7) is 6.29. The minimum absolute atomic E-state index is 0.0258. The van der Waals surface area contributed by atoms with Crippen LogP contribution in [0.2, 0.25) is 0 Å². The molecule has 2 aromatic rings. The molecule has 34 heavy (non-hydrogen) atoms. The van der Waals surface area contributed by atoms with E-state index < -0.39 is 16.1 Å². The molecule has 0 saturated carbocycles. The van der Waals surface area contributed by atoms with Crippen molar-refractivity contribution in [1.82, 2.24) is 14.5 Å². The fraction of sp³-hybridized carbons (Fsp3) is 0.462. The molecule has 0 bridgehead atoms. The summed E-state index contributed by atoms with van der Waals surface area (Å²) in [5.41, 5.74) is 1.09. The van der Waals surface area contributed by atoms with E-state index in [1.54, 1.807) is 42.2 Å². The van der Waals surface area contributed by atoms with Crippen LogP contribution in [0.3, 0.4) is 0 Å². The molecule has 0 aromatic heterocycles. The summed E-state index contributed by atoms with van der Waals surface area (Å²) in [4.78, 5) is 27.7. The number of hydrogen-bond donors (Lipinski definition) is 1. The van der Waals surface area contributed by atoms with Crippen molar-refractivity contribution >= 4 is 21.8 Å². The van der Waals surface area contributed by atoms with Crippen LogP contribution in [0.5, 0.6) is 0 Å². The smallest absolute Gasteiger partial charge is 0.242 e. The van der Waals surface area contributed by atoms with Gasteiger partial charge in [0.2, 0.25) is 21.8 Å². The maximum Gasteiger partial charge on any atom is 0.242 e. The van der Waals surface area contributed by atoms with Crippen molar-refractivity contribution in [3.05, 3.63) is 66.2 Å². The lowest BCUT2D eigenvalue weighted by Gasteiger charge is -2.30. The van der Waals surface area contributed by atoms with Crippen LogP contribution in [0.15, 0.2) is 65.6 Å². The lowest BCUT2D eigenvalue weighted by Crippen LogP contribution is -2.50. The molecule has 0 aliphatic carbocycles. The first-order valence-electron chi connectivity index (χ1n) is 11.8. The number of nitrogens with one attached hydrogen (secondary N) is 1. The summed E-state index contributed by atoms with van der Waals surface area (Å²) in [5.74, 6) is -0.340. The molecule has 7 nitrogen and oxygen atoms in total. The molecule has 0 fully saturated rings. The van der Waals surface area contributed by atoms with Gasteiger partial charge in [-0.1, -0.05) is 55.5 Å². The fourth-order valence-electron chi connectivity index (χ4n) is 3.52. The molecule has 2 amide bonds. The minimum atomic E-state index is -3.61. The van der Waals surface area contributed by atoms with Crippen molar-refractivity contribution < 1.29 is 18.0 Å². The van der Waals surface area contributed by atoms with E-state index >= 15 is 0 Å². The van der Waals surface area contributed by atoms with Crippen LogP contribution in [0.25, 0.3) is 0 Å². The Morgan fingerprint density at radius 3 is 2.12 bits per heavy atom. The normalized spacial score (nSPS) is 13.3. The first kappa shape index (κ1) is 27.5. The Bertz CT molecular complexity index is 1010. The highest BCUT2D eigenvalue weighted by Gasteiger charge is 2.27. The van der Waals surface area contributed by atoms with Gasteiger partial charge in [0.15, 0.2) is 0 Å². The highest BCUT2D eigenvalue weighted by molar-refractivity contribution is 7.89. The Morgan fingerprint density at radius 2 is 1.53 bits per heavy atom. The van der Waals surface area contributed by atoms with Crippen molar-refractivity contribution in [2.75, 3.05) is 20.1 Å². The van der Waals surface area contributed by atoms with Crippen molar-refractivity contribution in [3.8, 4) is 0 Å². The van der Waals surface area contributed by atoms with Gasteiger partial charge in [-0.15, -0.1) is 0 Å². The first-order chi connectivity index (χ1) is 16.2. The van der Waals surface area contributed by atoms with Gasteiger partial charge >= 0.3 is 0 Å². The summed E-state index contributed by atoms with van der Waals surface area (Å²) in [5, 5.41) is 2.95. The average Bonchev–Trinajstić information content (AvgIpc) is 2.84. The van der Waals surface area contributed by atoms with Gasteiger partial charge < -0.3 is 10.2 Å². The lowest BCUT2D eigenvalue weighted by molar-refractivity contribution is -0.140. The maximum atomic E-state index is 13.1. The van der Waals surface area contributed by atoms with Gasteiger partial charge in [-0.25, -0.2) is 12.7 Å². The Kier molecular flexibility index (Phi) is 10.7. The molecule has 2 unspecified atom stereocenters. The number of amides is 2. The number of sulfonamides is 1. The second-order valence-corrected chi connectivity index (χ2v) is 10.6. The Labute approximate surface area is 204 Å². The van der Waals surface area contributed by atoms with Gasteiger partial charge in [0, 0.05) is 32.6 Å². The number of hydrogen-bond acceptors (Lipinski definition) is 4. The molecule has 2 rings (SSSR count). The van der Waals surface area contributed by atoms with Gasteiger partial charge in [0.1, 0.15) is 6.04 Å². The number of carbonyl (C=O) groups is 2. The highest BCUT2D eigenvalue weighted by Crippen LogP contribution is 2.15. The molecule has 186 valence electrons. The third kappa shape index (κ3) is 7.95. The quantitative estimate of drug-likeness (QED) is 0.469. The molecule has 0 heterocycles. The molecule has 2 atom stereocenters. The van der Waals surface area contributed by atoms with Crippen LogP contribution >= 0.6 is 0 Å². The van der Waals surface area contributed by atoms with Crippen LogP contribution in [0, 0.1) is 0 Å². The molecule has 1 N–H and O–H groups in total. The number of carbonyl (C=O) groups excluding carboxylic acids is 2. The zero-order chi connectivity index (χ0) is 25.1. The lowest BCUT2D eigenvalue weighted by atomic mass is 10.1. The van der Waals surface area contributed by atoms with Crippen molar-refractivity contribution in [3.63, 3.8) is 0 Å². The molecule has 2 aromatic carbocycles. The monoisotopic (exact) mass is 487 g/mol. The molecule has 8 heteroatoms. The summed E-state index contributed by atoms with van der Waals surface area (Å²) in [6, 6.07) is 17.5. The summed E-state index contributed by atoms with van der Waals surface area (Å²) < 4.78 is 26.7. The van der Waals surface area contributed by atoms with Crippen molar-refractivity contribution in [2.24, 2.45) is 0 Å². The molecule has 0 radical (unpaired) electrons. The van der Waals surface area contributed by atoms with Gasteiger partial charge in [-0.2, -0.15) is 0 Å². The molecule has 0 spiro atoms. The standard InChI is InChI=1S/C26H37N3O4S/c1-5-21(2)27-26(31)22(3)29(20-18-23-13-8-6-9-14-23)25(30)17-12-19-28(4)34(32,33)24-15-10-7-11-16-24/h6-11,13-16,21-22H,5,12,17-20H2,1-4H3,(H,27,31). The molecular weight excluding hydrogens is 450 g/mol. The third-order valence-electron chi connectivity index (χ3n) is 5.97. The number of nitrogens with zero attached hydrogens (tertiary/aromatic N) is 2. The predicted molar refractivity (Wildman–Crippen MR) is 135 cm³/mol. The Hall–Kier alpha value is -2.71. The molecule has 0 aliphatic heterocycles. The largest absolute Gasteiger partial charge is 0.352 e. The maximum absolute atomic E-state index is 13.1. The Balaban J connectivity index is 2.02. The van der Waals surface area contributed by atoms with E-state index in [9.17, 15) is 18.0 Å². The van der Waals surface area contributed by atoms with Crippen molar-refractivity contribution in [2.45, 2.75) is 63.4 Å². The topological polar surface area (TPSA) is 86.8 Å². The number of benzene rings is 2. The fourth-order valence-corrected chi connectivity index (χ4v) is 4.76. The number of rotatable bonds is 13. The second kappa shape index (κ2) is 13.2. The highest BCUT2D eigenvalue weighted by atomic mass is 32.2. The van der Waals surface area contributed by atoms with E-state index in [2.05, 4.69) is 5.32 Å². The molecule has 0 aliphatic rings. The molecule has 0 saturated heterocycles. The van der Waals surface area contributed by atoms with Crippen molar-refractivity contribution in [1.29, 1.82) is 0 Å². The van der Waals surface area contributed by atoms with Crippen LogP contribution < -0.4 is 5.32 Å². The van der Waals surface area contributed by atoms with E-state index in [1.165, 1.54) is 11.4 Å². The summed E-state index contributed by atoms with van der Waals surface area (Å²) in [6.07, 6.45) is 1.96. The summed E-state index contributed by atoms with van der Waals surface area (Å²) >= 11 is 0.